The van der Waals surface area contributed by atoms with Crippen molar-refractivity contribution in [3.8, 4) is 17.2 Å². The molecule has 0 bridgehead atoms. The van der Waals surface area contributed by atoms with Crippen molar-refractivity contribution >= 4 is 29.4 Å². The van der Waals surface area contributed by atoms with Gasteiger partial charge in [0.1, 0.15) is 17.2 Å². The Morgan fingerprint density at radius 1 is 1.11 bits per heavy atom. The number of carbonyl (C=O) groups excluding carboxylic acids is 3. The summed E-state index contributed by atoms with van der Waals surface area (Å²) in [5, 5.41) is 12.6. The molecule has 2 N–H and O–H groups in total. The number of aromatic hydroxyl groups is 1. The maximum absolute atomic E-state index is 13.0. The molecule has 0 spiro atoms. The number of amides is 2. The lowest BCUT2D eigenvalue weighted by Gasteiger charge is -2.19. The first-order valence-electron chi connectivity index (χ1n) is 11.2. The van der Waals surface area contributed by atoms with Crippen molar-refractivity contribution < 1.29 is 29.0 Å². The molecule has 0 unspecified atom stereocenters. The van der Waals surface area contributed by atoms with Crippen molar-refractivity contribution in [1.29, 1.82) is 0 Å². The van der Waals surface area contributed by atoms with Gasteiger partial charge in [-0.15, -0.1) is 0 Å². The first-order valence-corrected chi connectivity index (χ1v) is 11.5. The van der Waals surface area contributed by atoms with E-state index in [1.807, 2.05) is 13.0 Å². The zero-order valence-corrected chi connectivity index (χ0v) is 20.0. The van der Waals surface area contributed by atoms with Gasteiger partial charge in [0, 0.05) is 17.0 Å². The van der Waals surface area contributed by atoms with Gasteiger partial charge in [0.25, 0.3) is 5.91 Å². The Hall–Kier alpha value is -3.84. The van der Waals surface area contributed by atoms with E-state index in [4.69, 9.17) is 21.1 Å². The van der Waals surface area contributed by atoms with Crippen LogP contribution in [0, 0.1) is 0 Å². The van der Waals surface area contributed by atoms with E-state index in [9.17, 15) is 19.5 Å². The van der Waals surface area contributed by atoms with Crippen LogP contribution in [0.2, 0.25) is 5.02 Å². The first-order chi connectivity index (χ1) is 16.7. The maximum Gasteiger partial charge on any atom is 0.415 e. The number of ketones is 1. The second-order valence-electron chi connectivity index (χ2n) is 8.56. The Balaban J connectivity index is 1.57. The number of ether oxygens (including phenoxy) is 2. The largest absolute Gasteiger partial charge is 0.507 e. The molecule has 1 heterocycles. The third-order valence-electron chi connectivity index (χ3n) is 5.73. The van der Waals surface area contributed by atoms with Crippen LogP contribution in [0.3, 0.4) is 0 Å². The lowest BCUT2D eigenvalue weighted by atomic mass is 9.96. The summed E-state index contributed by atoms with van der Waals surface area (Å²) < 4.78 is 11.3. The van der Waals surface area contributed by atoms with Crippen molar-refractivity contribution in [2.24, 2.45) is 0 Å². The average Bonchev–Trinajstić information content (AvgIpc) is 3.05. The molecule has 0 aromatic heterocycles. The molecule has 35 heavy (non-hydrogen) atoms. The van der Waals surface area contributed by atoms with Crippen LogP contribution in [-0.4, -0.2) is 28.5 Å². The molecule has 180 valence electrons. The van der Waals surface area contributed by atoms with Crippen LogP contribution >= 0.6 is 11.6 Å². The Morgan fingerprint density at radius 2 is 1.91 bits per heavy atom. The first kappa shape index (κ1) is 24.3. The second-order valence-corrected chi connectivity index (χ2v) is 9.00. The Bertz CT molecular complexity index is 1320. The van der Waals surface area contributed by atoms with Crippen molar-refractivity contribution in [2.45, 2.75) is 38.7 Å². The molecule has 3 aromatic rings. The predicted molar refractivity (Wildman–Crippen MR) is 130 cm³/mol. The predicted octanol–water partition coefficient (Wildman–Crippen LogP) is 5.59. The van der Waals surface area contributed by atoms with E-state index in [0.717, 1.165) is 17.5 Å². The molecule has 1 saturated heterocycles. The van der Waals surface area contributed by atoms with Crippen molar-refractivity contribution in [3.05, 3.63) is 87.9 Å². The molecular weight excluding hydrogens is 470 g/mol. The number of phenols is 1. The van der Waals surface area contributed by atoms with E-state index < -0.39 is 17.6 Å². The molecule has 7 nitrogen and oxygen atoms in total. The van der Waals surface area contributed by atoms with Gasteiger partial charge in [-0.3, -0.25) is 14.9 Å². The van der Waals surface area contributed by atoms with E-state index in [1.54, 1.807) is 49.4 Å². The Morgan fingerprint density at radius 3 is 2.60 bits per heavy atom. The quantitative estimate of drug-likeness (QED) is 0.397. The van der Waals surface area contributed by atoms with E-state index in [-0.39, 0.29) is 23.5 Å². The lowest BCUT2D eigenvalue weighted by molar-refractivity contribution is -0.129. The highest BCUT2D eigenvalue weighted by Gasteiger charge is 2.44. The summed E-state index contributed by atoms with van der Waals surface area (Å²) in [7, 11) is 0. The number of carbonyl (C=O) groups is 3. The van der Waals surface area contributed by atoms with Crippen LogP contribution in [0.15, 0.2) is 60.7 Å². The molecular formula is C27H24ClNO6. The number of halogens is 1. The highest BCUT2D eigenvalue weighted by molar-refractivity contribution is 6.31. The number of nitrogens with one attached hydrogen (secondary N) is 1. The van der Waals surface area contributed by atoms with Gasteiger partial charge in [-0.1, -0.05) is 37.1 Å². The van der Waals surface area contributed by atoms with Gasteiger partial charge < -0.3 is 14.6 Å². The van der Waals surface area contributed by atoms with E-state index >= 15 is 0 Å². The number of aryl methyl sites for hydroxylation is 1. The Kier molecular flexibility index (Phi) is 6.80. The third kappa shape index (κ3) is 5.30. The van der Waals surface area contributed by atoms with Gasteiger partial charge in [0.05, 0.1) is 5.56 Å². The smallest absolute Gasteiger partial charge is 0.415 e. The lowest BCUT2D eigenvalue weighted by Crippen LogP contribution is -2.38. The second kappa shape index (κ2) is 9.80. The number of cyclic esters (lactones) is 1. The molecule has 1 aliphatic rings. The van der Waals surface area contributed by atoms with Crippen LogP contribution in [0.4, 0.5) is 4.79 Å². The molecule has 4 rings (SSSR count). The van der Waals surface area contributed by atoms with Crippen LogP contribution in [-0.2, 0) is 22.4 Å². The number of rotatable bonds is 8. The SMILES string of the molecule is CCCc1cc(C(=O)c2ccc(Cl)cc2O)ccc1Oc1cccc(C[C@@]2(C)OC(=O)NC2=O)c1. The van der Waals surface area contributed by atoms with Gasteiger partial charge in [0.15, 0.2) is 11.4 Å². The van der Waals surface area contributed by atoms with E-state index in [0.29, 0.717) is 28.5 Å². The summed E-state index contributed by atoms with van der Waals surface area (Å²) in [4.78, 5) is 36.5. The number of benzene rings is 3. The zero-order chi connectivity index (χ0) is 25.2. The molecule has 8 heteroatoms. The minimum absolute atomic E-state index is 0.170. The van der Waals surface area contributed by atoms with E-state index in [1.165, 1.54) is 12.1 Å². The van der Waals surface area contributed by atoms with Crippen molar-refractivity contribution in [2.75, 3.05) is 0 Å². The molecule has 1 fully saturated rings. The molecule has 1 atom stereocenters. The summed E-state index contributed by atoms with van der Waals surface area (Å²) in [6, 6.07) is 16.7. The monoisotopic (exact) mass is 493 g/mol. The van der Waals surface area contributed by atoms with Crippen LogP contribution in [0.1, 0.15) is 47.3 Å². The third-order valence-corrected chi connectivity index (χ3v) is 5.96. The number of imide groups is 1. The van der Waals surface area contributed by atoms with Crippen LogP contribution in [0.25, 0.3) is 0 Å². The Labute approximate surface area is 207 Å². The molecule has 3 aromatic carbocycles. The maximum atomic E-state index is 13.0. The highest BCUT2D eigenvalue weighted by Crippen LogP contribution is 2.31. The minimum atomic E-state index is -1.28. The van der Waals surface area contributed by atoms with Crippen LogP contribution < -0.4 is 10.1 Å². The zero-order valence-electron chi connectivity index (χ0n) is 19.3. The molecule has 0 saturated carbocycles. The fourth-order valence-electron chi connectivity index (χ4n) is 3.99. The van der Waals surface area contributed by atoms with E-state index in [2.05, 4.69) is 5.32 Å². The van der Waals surface area contributed by atoms with Gasteiger partial charge in [-0.25, -0.2) is 4.79 Å². The minimum Gasteiger partial charge on any atom is -0.507 e. The summed E-state index contributed by atoms with van der Waals surface area (Å²) >= 11 is 5.88. The summed E-state index contributed by atoms with van der Waals surface area (Å²) in [5.41, 5.74) is 0.917. The average molecular weight is 494 g/mol. The normalized spacial score (nSPS) is 17.1. The van der Waals surface area contributed by atoms with Crippen molar-refractivity contribution in [1.82, 2.24) is 5.32 Å². The number of hydrogen-bond acceptors (Lipinski definition) is 6. The van der Waals surface area contributed by atoms with Gasteiger partial charge in [-0.05, 0) is 73.0 Å². The summed E-state index contributed by atoms with van der Waals surface area (Å²) in [6.07, 6.45) is 0.952. The van der Waals surface area contributed by atoms with Crippen LogP contribution in [0.5, 0.6) is 17.2 Å². The fourth-order valence-corrected chi connectivity index (χ4v) is 4.16. The highest BCUT2D eigenvalue weighted by atomic mass is 35.5. The molecule has 0 aliphatic carbocycles. The number of phenolic OH excluding ortho intramolecular Hbond substituents is 1. The van der Waals surface area contributed by atoms with Gasteiger partial charge in [-0.2, -0.15) is 0 Å². The molecule has 1 aliphatic heterocycles. The molecule has 0 radical (unpaired) electrons. The topological polar surface area (TPSA) is 102 Å². The van der Waals surface area contributed by atoms with Gasteiger partial charge in [0.2, 0.25) is 0 Å². The number of hydrogen-bond donors (Lipinski definition) is 2. The van der Waals surface area contributed by atoms with Crippen molar-refractivity contribution in [3.63, 3.8) is 0 Å². The number of alkyl carbamates (subject to hydrolysis) is 1. The standard InChI is InChI=1S/C27H24ClNO6/c1-3-5-17-13-18(24(31)21-10-9-19(28)14-22(21)30)8-11-23(17)34-20-7-4-6-16(12-20)15-27(2)25(32)29-26(33)35-27/h4,6-14,30H,3,5,15H2,1-2H3,(H,29,32,33)/t27-/m1/s1. The summed E-state index contributed by atoms with van der Waals surface area (Å²) in [6.45, 7) is 3.59. The summed E-state index contributed by atoms with van der Waals surface area (Å²) in [5.74, 6) is 0.167. The molecule has 2 amide bonds. The fraction of sp³-hybridized carbons (Fsp3) is 0.222. The van der Waals surface area contributed by atoms with Gasteiger partial charge >= 0.3 is 6.09 Å².